The Labute approximate surface area is 198 Å². The number of aliphatic hydroxyl groups excluding tert-OH is 1. The fourth-order valence-corrected chi connectivity index (χ4v) is 4.62. The van der Waals surface area contributed by atoms with E-state index in [0.717, 1.165) is 11.1 Å². The van der Waals surface area contributed by atoms with Crippen LogP contribution in [0, 0.1) is 0 Å². The van der Waals surface area contributed by atoms with Crippen LogP contribution in [0.4, 0.5) is 5.69 Å². The fourth-order valence-electron chi connectivity index (χ4n) is 4.46. The van der Waals surface area contributed by atoms with Gasteiger partial charge >= 0.3 is 0 Å². The van der Waals surface area contributed by atoms with Gasteiger partial charge in [0.2, 0.25) is 0 Å². The van der Waals surface area contributed by atoms with Gasteiger partial charge in [-0.1, -0.05) is 72.3 Å². The highest BCUT2D eigenvalue weighted by Crippen LogP contribution is 2.32. The molecule has 1 aliphatic heterocycles. The molecule has 0 aliphatic carbocycles. The maximum Gasteiger partial charge on any atom is 0.255 e. The Morgan fingerprint density at radius 3 is 2.30 bits per heavy atom. The second kappa shape index (κ2) is 10.3. The fraction of sp³-hybridized carbons (Fsp3) is 0.269. The summed E-state index contributed by atoms with van der Waals surface area (Å²) < 4.78 is 5.30. The zero-order valence-electron chi connectivity index (χ0n) is 18.4. The molecule has 7 heteroatoms. The Balaban J connectivity index is 1.49. The molecule has 3 aromatic rings. The summed E-state index contributed by atoms with van der Waals surface area (Å²) in [4.78, 5) is 12.9. The number of carbonyl (C=O) groups is 1. The van der Waals surface area contributed by atoms with Crippen LogP contribution in [0.1, 0.15) is 33.8 Å². The van der Waals surface area contributed by atoms with Crippen LogP contribution in [-0.4, -0.2) is 42.9 Å². The Kier molecular flexibility index (Phi) is 7.18. The van der Waals surface area contributed by atoms with E-state index in [0.29, 0.717) is 35.0 Å². The molecular formula is C26H28ClN3O3. The summed E-state index contributed by atoms with van der Waals surface area (Å²) in [5, 5.41) is 18.1. The van der Waals surface area contributed by atoms with E-state index in [9.17, 15) is 9.90 Å². The van der Waals surface area contributed by atoms with Gasteiger partial charge in [-0.3, -0.25) is 4.79 Å². The van der Waals surface area contributed by atoms with Gasteiger partial charge in [-0.05, 0) is 23.6 Å². The first-order valence-electron chi connectivity index (χ1n) is 10.9. The summed E-state index contributed by atoms with van der Waals surface area (Å²) in [6.45, 7) is 0.550. The van der Waals surface area contributed by atoms with Gasteiger partial charge in [0.1, 0.15) is 5.75 Å². The van der Waals surface area contributed by atoms with Crippen molar-refractivity contribution in [3.63, 3.8) is 0 Å². The molecule has 1 amide bonds. The summed E-state index contributed by atoms with van der Waals surface area (Å²) in [5.74, 6) is -0.112. The lowest BCUT2D eigenvalue weighted by atomic mass is 9.83. The van der Waals surface area contributed by atoms with Crippen molar-refractivity contribution >= 4 is 23.2 Å². The van der Waals surface area contributed by atoms with Crippen molar-refractivity contribution in [3.05, 3.63) is 94.5 Å². The summed E-state index contributed by atoms with van der Waals surface area (Å²) >= 11 is 6.11. The zero-order chi connectivity index (χ0) is 23.4. The SMILES string of the molecule is COc1cc(N)c(Cl)cc1C(=O)NC1CNC(C(O)C(c2ccccc2)c2ccccc2)C1. The summed E-state index contributed by atoms with van der Waals surface area (Å²) in [7, 11) is 1.48. The first-order valence-corrected chi connectivity index (χ1v) is 11.3. The van der Waals surface area contributed by atoms with Crippen LogP contribution in [0.3, 0.4) is 0 Å². The van der Waals surface area contributed by atoms with Crippen LogP contribution in [0.15, 0.2) is 72.8 Å². The third-order valence-electron chi connectivity index (χ3n) is 6.13. The van der Waals surface area contributed by atoms with Crippen LogP contribution in [0.5, 0.6) is 5.75 Å². The summed E-state index contributed by atoms with van der Waals surface area (Å²) in [5.41, 5.74) is 8.60. The summed E-state index contributed by atoms with van der Waals surface area (Å²) in [6, 6.07) is 22.7. The van der Waals surface area contributed by atoms with E-state index in [1.54, 1.807) is 6.07 Å². The number of hydrogen-bond donors (Lipinski definition) is 4. The second-order valence-electron chi connectivity index (χ2n) is 8.28. The molecular weight excluding hydrogens is 438 g/mol. The number of halogens is 1. The molecule has 0 spiro atoms. The Hall–Kier alpha value is -3.06. The first-order chi connectivity index (χ1) is 16.0. The molecule has 0 bridgehead atoms. The minimum atomic E-state index is -0.669. The molecule has 4 rings (SSSR count). The lowest BCUT2D eigenvalue weighted by molar-refractivity contribution is 0.0929. The molecule has 1 saturated heterocycles. The smallest absolute Gasteiger partial charge is 0.255 e. The molecule has 0 saturated carbocycles. The lowest BCUT2D eigenvalue weighted by Crippen LogP contribution is -2.39. The van der Waals surface area contributed by atoms with E-state index in [1.165, 1.54) is 13.2 Å². The molecule has 1 aliphatic rings. The second-order valence-corrected chi connectivity index (χ2v) is 8.69. The highest BCUT2D eigenvalue weighted by atomic mass is 35.5. The number of nitrogen functional groups attached to an aromatic ring is 1. The van der Waals surface area contributed by atoms with Gasteiger partial charge in [-0.25, -0.2) is 0 Å². The predicted octanol–water partition coefficient (Wildman–Crippen LogP) is 3.58. The lowest BCUT2D eigenvalue weighted by Gasteiger charge is -2.28. The molecule has 3 unspecified atom stereocenters. The van der Waals surface area contributed by atoms with Gasteiger partial charge in [0.05, 0.1) is 29.5 Å². The number of hydrogen-bond acceptors (Lipinski definition) is 5. The maximum atomic E-state index is 12.9. The Bertz CT molecular complexity index is 1060. The third-order valence-corrected chi connectivity index (χ3v) is 6.46. The molecule has 3 aromatic carbocycles. The third kappa shape index (κ3) is 5.14. The maximum absolute atomic E-state index is 12.9. The number of benzene rings is 3. The van der Waals surface area contributed by atoms with E-state index in [1.807, 2.05) is 60.7 Å². The zero-order valence-corrected chi connectivity index (χ0v) is 19.1. The number of aliphatic hydroxyl groups is 1. The van der Waals surface area contributed by atoms with Crippen LogP contribution in [-0.2, 0) is 0 Å². The average Bonchev–Trinajstić information content (AvgIpc) is 3.30. The van der Waals surface area contributed by atoms with Crippen molar-refractivity contribution in [2.45, 2.75) is 30.5 Å². The van der Waals surface area contributed by atoms with Crippen molar-refractivity contribution in [2.75, 3.05) is 19.4 Å². The molecule has 1 heterocycles. The normalized spacial score (nSPS) is 18.8. The van der Waals surface area contributed by atoms with Gasteiger partial charge in [-0.2, -0.15) is 0 Å². The van der Waals surface area contributed by atoms with Gasteiger partial charge in [0.15, 0.2) is 0 Å². The van der Waals surface area contributed by atoms with Gasteiger partial charge in [0, 0.05) is 30.6 Å². The van der Waals surface area contributed by atoms with E-state index in [-0.39, 0.29) is 23.9 Å². The van der Waals surface area contributed by atoms with Crippen LogP contribution < -0.4 is 21.1 Å². The largest absolute Gasteiger partial charge is 0.496 e. The molecule has 0 radical (unpaired) electrons. The number of methoxy groups -OCH3 is 1. The highest BCUT2D eigenvalue weighted by Gasteiger charge is 2.36. The van der Waals surface area contributed by atoms with E-state index < -0.39 is 6.10 Å². The van der Waals surface area contributed by atoms with Crippen LogP contribution >= 0.6 is 11.6 Å². The standard InChI is InChI=1S/C26H28ClN3O3/c1-33-23-14-21(28)20(27)13-19(23)26(32)30-18-12-22(29-15-18)25(31)24(16-8-4-2-5-9-16)17-10-6-3-7-11-17/h2-11,13-14,18,22,24-25,29,31H,12,15,28H2,1H3,(H,30,32). The van der Waals surface area contributed by atoms with E-state index >= 15 is 0 Å². The minimum Gasteiger partial charge on any atom is -0.496 e. The number of nitrogens with two attached hydrogens (primary N) is 1. The molecule has 5 N–H and O–H groups in total. The number of ether oxygens (including phenoxy) is 1. The Morgan fingerprint density at radius 1 is 1.12 bits per heavy atom. The topological polar surface area (TPSA) is 96.6 Å². The van der Waals surface area contributed by atoms with Gasteiger partial charge < -0.3 is 26.2 Å². The van der Waals surface area contributed by atoms with Crippen LogP contribution in [0.25, 0.3) is 0 Å². The number of carbonyl (C=O) groups excluding carboxylic acids is 1. The van der Waals surface area contributed by atoms with E-state index in [4.69, 9.17) is 22.1 Å². The van der Waals surface area contributed by atoms with Crippen molar-refractivity contribution in [2.24, 2.45) is 0 Å². The van der Waals surface area contributed by atoms with Crippen molar-refractivity contribution in [3.8, 4) is 5.75 Å². The molecule has 1 fully saturated rings. The highest BCUT2D eigenvalue weighted by molar-refractivity contribution is 6.33. The molecule has 33 heavy (non-hydrogen) atoms. The van der Waals surface area contributed by atoms with Crippen molar-refractivity contribution in [1.82, 2.24) is 10.6 Å². The average molecular weight is 466 g/mol. The Morgan fingerprint density at radius 2 is 1.73 bits per heavy atom. The van der Waals surface area contributed by atoms with Crippen molar-refractivity contribution < 1.29 is 14.6 Å². The molecule has 3 atom stereocenters. The van der Waals surface area contributed by atoms with E-state index in [2.05, 4.69) is 10.6 Å². The number of nitrogens with one attached hydrogen (secondary N) is 2. The number of anilines is 1. The molecule has 0 aromatic heterocycles. The minimum absolute atomic E-state index is 0.148. The van der Waals surface area contributed by atoms with Crippen LogP contribution in [0.2, 0.25) is 5.02 Å². The first kappa shape index (κ1) is 23.1. The monoisotopic (exact) mass is 465 g/mol. The quantitative estimate of drug-likeness (QED) is 0.400. The number of rotatable bonds is 7. The predicted molar refractivity (Wildman–Crippen MR) is 131 cm³/mol. The van der Waals surface area contributed by atoms with Crippen molar-refractivity contribution in [1.29, 1.82) is 0 Å². The summed E-state index contributed by atoms with van der Waals surface area (Å²) in [6.07, 6.45) is -0.0779. The number of amides is 1. The van der Waals surface area contributed by atoms with Gasteiger partial charge in [-0.15, -0.1) is 0 Å². The molecule has 6 nitrogen and oxygen atoms in total. The molecule has 172 valence electrons. The van der Waals surface area contributed by atoms with Gasteiger partial charge in [0.25, 0.3) is 5.91 Å².